The summed E-state index contributed by atoms with van der Waals surface area (Å²) in [7, 11) is 1.36. The molecule has 0 aromatic heterocycles. The van der Waals surface area contributed by atoms with Crippen molar-refractivity contribution in [2.75, 3.05) is 19.0 Å². The van der Waals surface area contributed by atoms with Crippen LogP contribution in [-0.4, -0.2) is 25.5 Å². The maximum atomic E-state index is 12.9. The molecule has 6 nitrogen and oxygen atoms in total. The molecule has 1 unspecified atom stereocenters. The first-order valence-electron chi connectivity index (χ1n) is 11.1. The average Bonchev–Trinajstić information content (AvgIpc) is 2.87. The molecule has 0 radical (unpaired) electrons. The number of nitrogens with one attached hydrogen (secondary N) is 2. The molecule has 0 aliphatic heterocycles. The van der Waals surface area contributed by atoms with Crippen LogP contribution >= 0.6 is 0 Å². The maximum Gasteiger partial charge on any atom is 0.333 e. The third-order valence-corrected chi connectivity index (χ3v) is 5.24. The highest BCUT2D eigenvalue weighted by atomic mass is 16.5. The number of carbonyl (C=O) groups excluding carboxylic acids is 1. The fraction of sp³-hybridized carbons (Fsp3) is 0.214. The maximum absolute atomic E-state index is 12.9. The van der Waals surface area contributed by atoms with Gasteiger partial charge in [0.15, 0.2) is 6.04 Å². The Labute approximate surface area is 200 Å². The van der Waals surface area contributed by atoms with Crippen LogP contribution in [0.3, 0.4) is 0 Å². The number of benzene rings is 3. The molecule has 0 fully saturated rings. The fourth-order valence-corrected chi connectivity index (χ4v) is 3.49. The van der Waals surface area contributed by atoms with Gasteiger partial charge in [-0.3, -0.25) is 5.41 Å². The summed E-state index contributed by atoms with van der Waals surface area (Å²) in [5, 5.41) is 10.8. The van der Waals surface area contributed by atoms with E-state index in [9.17, 15) is 4.79 Å². The Balaban J connectivity index is 2.11. The quantitative estimate of drug-likeness (QED) is 0.199. The molecule has 0 aliphatic rings. The van der Waals surface area contributed by atoms with Gasteiger partial charge in [-0.15, -0.1) is 0 Å². The molecular weight excluding hydrogens is 426 g/mol. The van der Waals surface area contributed by atoms with Crippen LogP contribution in [0.15, 0.2) is 66.7 Å². The molecule has 3 aromatic rings. The molecule has 0 saturated carbocycles. The van der Waals surface area contributed by atoms with Crippen molar-refractivity contribution in [3.8, 4) is 17.6 Å². The lowest BCUT2D eigenvalue weighted by Gasteiger charge is -2.23. The number of hydrogen-bond acceptors (Lipinski definition) is 5. The Morgan fingerprint density at radius 2 is 1.76 bits per heavy atom. The molecule has 0 spiro atoms. The summed E-state index contributed by atoms with van der Waals surface area (Å²) < 4.78 is 11.2. The normalized spacial score (nSPS) is 11.0. The Kier molecular flexibility index (Phi) is 8.31. The minimum Gasteiger partial charge on any atom is -0.492 e. The van der Waals surface area contributed by atoms with Crippen LogP contribution < -0.4 is 15.8 Å². The molecule has 174 valence electrons. The minimum absolute atomic E-state index is 0.0213. The lowest BCUT2D eigenvalue weighted by molar-refractivity contribution is -0.141. The summed E-state index contributed by atoms with van der Waals surface area (Å²) in [5.74, 6) is 6.50. The Hall–Kier alpha value is -4.24. The van der Waals surface area contributed by atoms with E-state index in [0.717, 1.165) is 17.5 Å². The predicted molar refractivity (Wildman–Crippen MR) is 135 cm³/mol. The summed E-state index contributed by atoms with van der Waals surface area (Å²) >= 11 is 0. The van der Waals surface area contributed by atoms with Crippen LogP contribution in [0.4, 0.5) is 5.69 Å². The monoisotopic (exact) mass is 455 g/mol. The van der Waals surface area contributed by atoms with E-state index in [1.165, 1.54) is 7.11 Å². The first-order valence-corrected chi connectivity index (χ1v) is 11.1. The standard InChI is InChI=1S/C28H29N3O3/c1-4-19-17-22(12-11-20-9-7-6-8-10-20)26(34-5-2)24(18-19)25(28(32)33-3)31-23-15-13-21(14-16-23)27(29)30/h6-10,13-18,25,31H,4-5H2,1-3H3,(H3,29,30). The van der Waals surface area contributed by atoms with Gasteiger partial charge in [0.25, 0.3) is 0 Å². The predicted octanol–water partition coefficient (Wildman–Crippen LogP) is 4.66. The van der Waals surface area contributed by atoms with E-state index in [0.29, 0.717) is 34.7 Å². The molecular formula is C28H29N3O3. The van der Waals surface area contributed by atoms with Gasteiger partial charge >= 0.3 is 5.97 Å². The van der Waals surface area contributed by atoms with Crippen molar-refractivity contribution in [1.29, 1.82) is 5.41 Å². The number of aryl methyl sites for hydroxylation is 1. The number of nitrogen functional groups attached to an aromatic ring is 1. The highest BCUT2D eigenvalue weighted by molar-refractivity contribution is 5.95. The zero-order valence-corrected chi connectivity index (χ0v) is 19.6. The molecule has 0 amide bonds. The molecule has 4 N–H and O–H groups in total. The zero-order chi connectivity index (χ0) is 24.5. The third-order valence-electron chi connectivity index (χ3n) is 5.24. The van der Waals surface area contributed by atoms with Gasteiger partial charge in [-0.25, -0.2) is 4.79 Å². The minimum atomic E-state index is -0.821. The molecule has 34 heavy (non-hydrogen) atoms. The Bertz CT molecular complexity index is 1210. The molecule has 0 aliphatic carbocycles. The van der Waals surface area contributed by atoms with Crippen LogP contribution in [-0.2, 0) is 16.0 Å². The van der Waals surface area contributed by atoms with E-state index in [1.807, 2.05) is 49.4 Å². The molecule has 6 heteroatoms. The van der Waals surface area contributed by atoms with Gasteiger partial charge in [0, 0.05) is 22.4 Å². The van der Waals surface area contributed by atoms with E-state index >= 15 is 0 Å². The van der Waals surface area contributed by atoms with Crippen molar-refractivity contribution in [2.45, 2.75) is 26.3 Å². The second-order valence-corrected chi connectivity index (χ2v) is 7.56. The number of amidine groups is 1. The molecule has 0 heterocycles. The van der Waals surface area contributed by atoms with Crippen molar-refractivity contribution in [1.82, 2.24) is 0 Å². The van der Waals surface area contributed by atoms with Crippen molar-refractivity contribution in [3.05, 3.63) is 94.5 Å². The summed E-state index contributed by atoms with van der Waals surface area (Å²) in [6.07, 6.45) is 0.765. The van der Waals surface area contributed by atoms with Gasteiger partial charge in [-0.05, 0) is 67.4 Å². The van der Waals surface area contributed by atoms with Gasteiger partial charge in [-0.2, -0.15) is 0 Å². The van der Waals surface area contributed by atoms with Gasteiger partial charge in [-0.1, -0.05) is 37.0 Å². The largest absolute Gasteiger partial charge is 0.492 e. The van der Waals surface area contributed by atoms with Crippen LogP contribution in [0.2, 0.25) is 0 Å². The van der Waals surface area contributed by atoms with Crippen molar-refractivity contribution >= 4 is 17.5 Å². The molecule has 1 atom stereocenters. The summed E-state index contributed by atoms with van der Waals surface area (Å²) in [6.45, 7) is 4.36. The fourth-order valence-electron chi connectivity index (χ4n) is 3.49. The molecule has 3 rings (SSSR count). The first-order chi connectivity index (χ1) is 16.5. The van der Waals surface area contributed by atoms with E-state index in [1.54, 1.807) is 24.3 Å². The number of anilines is 1. The van der Waals surface area contributed by atoms with Crippen LogP contribution in [0.5, 0.6) is 5.75 Å². The van der Waals surface area contributed by atoms with E-state index in [4.69, 9.17) is 20.6 Å². The number of nitrogens with two attached hydrogens (primary N) is 1. The first kappa shape index (κ1) is 24.4. The van der Waals surface area contributed by atoms with Gasteiger partial charge in [0.1, 0.15) is 11.6 Å². The van der Waals surface area contributed by atoms with Crippen LogP contribution in [0, 0.1) is 17.3 Å². The smallest absolute Gasteiger partial charge is 0.333 e. The Morgan fingerprint density at radius 3 is 2.35 bits per heavy atom. The number of hydrogen-bond donors (Lipinski definition) is 3. The van der Waals surface area contributed by atoms with E-state index in [2.05, 4.69) is 24.1 Å². The topological polar surface area (TPSA) is 97.4 Å². The van der Waals surface area contributed by atoms with Crippen LogP contribution in [0.25, 0.3) is 0 Å². The summed E-state index contributed by atoms with van der Waals surface area (Å²) in [5.41, 5.74) is 10.1. The average molecular weight is 456 g/mol. The molecule has 0 bridgehead atoms. The summed E-state index contributed by atoms with van der Waals surface area (Å²) in [4.78, 5) is 12.9. The lowest BCUT2D eigenvalue weighted by Crippen LogP contribution is -2.24. The second kappa shape index (κ2) is 11.6. The van der Waals surface area contributed by atoms with Crippen LogP contribution in [0.1, 0.15) is 47.7 Å². The number of esters is 1. The van der Waals surface area contributed by atoms with Crippen molar-refractivity contribution in [2.24, 2.45) is 5.73 Å². The van der Waals surface area contributed by atoms with Gasteiger partial charge in [0.2, 0.25) is 0 Å². The number of methoxy groups -OCH3 is 1. The van der Waals surface area contributed by atoms with Gasteiger partial charge in [0.05, 0.1) is 19.3 Å². The number of rotatable bonds is 8. The highest BCUT2D eigenvalue weighted by Crippen LogP contribution is 2.34. The van der Waals surface area contributed by atoms with E-state index in [-0.39, 0.29) is 5.84 Å². The van der Waals surface area contributed by atoms with Crippen molar-refractivity contribution < 1.29 is 14.3 Å². The lowest BCUT2D eigenvalue weighted by atomic mass is 9.96. The highest BCUT2D eigenvalue weighted by Gasteiger charge is 2.27. The Morgan fingerprint density at radius 1 is 1.06 bits per heavy atom. The number of carbonyl (C=O) groups is 1. The SMILES string of the molecule is CCOc1c(C#Cc2ccccc2)cc(CC)cc1C(Nc1ccc(C(=N)N)cc1)C(=O)OC. The zero-order valence-electron chi connectivity index (χ0n) is 19.6. The van der Waals surface area contributed by atoms with Crippen molar-refractivity contribution in [3.63, 3.8) is 0 Å². The van der Waals surface area contributed by atoms with Gasteiger partial charge < -0.3 is 20.5 Å². The summed E-state index contributed by atoms with van der Waals surface area (Å²) in [6, 6.07) is 19.8. The molecule has 3 aromatic carbocycles. The number of ether oxygens (including phenoxy) is 2. The third kappa shape index (κ3) is 5.96. The second-order valence-electron chi connectivity index (χ2n) is 7.56. The molecule has 0 saturated heterocycles. The van der Waals surface area contributed by atoms with E-state index < -0.39 is 12.0 Å².